The van der Waals surface area contributed by atoms with Gasteiger partial charge >= 0.3 is 0 Å². The van der Waals surface area contributed by atoms with Crippen LogP contribution in [0.4, 0.5) is 5.13 Å². The lowest BCUT2D eigenvalue weighted by Crippen LogP contribution is -1.81. The summed E-state index contributed by atoms with van der Waals surface area (Å²) < 4.78 is 5.14. The van der Waals surface area contributed by atoms with Gasteiger partial charge in [0.25, 0.3) is 0 Å². The first-order valence-corrected chi connectivity index (χ1v) is 4.93. The van der Waals surface area contributed by atoms with Crippen molar-refractivity contribution in [1.29, 1.82) is 0 Å². The summed E-state index contributed by atoms with van der Waals surface area (Å²) in [6.45, 7) is 1.88. The molecule has 2 aromatic rings. The van der Waals surface area contributed by atoms with Gasteiger partial charge in [-0.15, -0.1) is 11.3 Å². The molecule has 0 radical (unpaired) electrons. The number of oxazole rings is 1. The molecule has 0 amide bonds. The van der Waals surface area contributed by atoms with Crippen LogP contribution in [-0.2, 0) is 0 Å². The van der Waals surface area contributed by atoms with E-state index in [1.54, 1.807) is 12.3 Å². The van der Waals surface area contributed by atoms with Crippen molar-refractivity contribution in [2.24, 2.45) is 0 Å². The summed E-state index contributed by atoms with van der Waals surface area (Å²) in [5.41, 5.74) is 7.17. The standard InChI is InChI=1S/C9H9N3OS/c1-6-4-13-8(11-6)3-2-7-5-14-9(10)12-7/h2-5H,1H3,(H2,10,12). The number of thiazole rings is 1. The molecule has 0 spiro atoms. The molecule has 0 atom stereocenters. The number of nitrogens with zero attached hydrogens (tertiary/aromatic N) is 2. The Morgan fingerprint density at radius 2 is 2.29 bits per heavy atom. The minimum Gasteiger partial charge on any atom is -0.445 e. The maximum atomic E-state index is 5.49. The van der Waals surface area contributed by atoms with E-state index in [-0.39, 0.29) is 0 Å². The SMILES string of the molecule is Cc1coc(C=Cc2csc(N)n2)n1. The van der Waals surface area contributed by atoms with Crippen LogP contribution >= 0.6 is 11.3 Å². The van der Waals surface area contributed by atoms with E-state index in [1.807, 2.05) is 18.4 Å². The second-order valence-corrected chi connectivity index (χ2v) is 3.66. The molecule has 14 heavy (non-hydrogen) atoms. The molecular formula is C9H9N3OS. The molecule has 5 heteroatoms. The van der Waals surface area contributed by atoms with E-state index in [1.165, 1.54) is 11.3 Å². The van der Waals surface area contributed by atoms with Gasteiger partial charge in [-0.2, -0.15) is 0 Å². The molecule has 2 heterocycles. The van der Waals surface area contributed by atoms with Crippen LogP contribution < -0.4 is 5.73 Å². The zero-order valence-corrected chi connectivity index (χ0v) is 8.41. The Balaban J connectivity index is 2.14. The first kappa shape index (κ1) is 8.96. The molecular weight excluding hydrogens is 198 g/mol. The topological polar surface area (TPSA) is 64.9 Å². The predicted octanol–water partition coefficient (Wildman–Crippen LogP) is 2.19. The summed E-state index contributed by atoms with van der Waals surface area (Å²) >= 11 is 1.41. The van der Waals surface area contributed by atoms with Crippen molar-refractivity contribution < 1.29 is 4.42 Å². The molecule has 0 bridgehead atoms. The molecule has 2 aromatic heterocycles. The van der Waals surface area contributed by atoms with Gasteiger partial charge in [0.1, 0.15) is 6.26 Å². The summed E-state index contributed by atoms with van der Waals surface area (Å²) in [5.74, 6) is 0.578. The van der Waals surface area contributed by atoms with Crippen LogP contribution in [0.5, 0.6) is 0 Å². The number of aromatic nitrogens is 2. The lowest BCUT2D eigenvalue weighted by molar-refractivity contribution is 0.546. The molecule has 2 rings (SSSR count). The Morgan fingerprint density at radius 1 is 1.43 bits per heavy atom. The Labute approximate surface area is 85.1 Å². The average molecular weight is 207 g/mol. The summed E-state index contributed by atoms with van der Waals surface area (Å²) in [6, 6.07) is 0. The lowest BCUT2D eigenvalue weighted by atomic mass is 10.4. The van der Waals surface area contributed by atoms with E-state index >= 15 is 0 Å². The van der Waals surface area contributed by atoms with E-state index in [0.717, 1.165) is 11.4 Å². The first-order chi connectivity index (χ1) is 6.74. The molecule has 72 valence electrons. The number of anilines is 1. The number of aryl methyl sites for hydroxylation is 1. The van der Waals surface area contributed by atoms with Crippen molar-refractivity contribution in [1.82, 2.24) is 9.97 Å². The van der Waals surface area contributed by atoms with Crippen molar-refractivity contribution in [3.8, 4) is 0 Å². The van der Waals surface area contributed by atoms with E-state index in [4.69, 9.17) is 10.2 Å². The highest BCUT2D eigenvalue weighted by molar-refractivity contribution is 7.13. The highest BCUT2D eigenvalue weighted by Gasteiger charge is 1.96. The van der Waals surface area contributed by atoms with Crippen molar-refractivity contribution in [2.45, 2.75) is 6.92 Å². The van der Waals surface area contributed by atoms with Crippen molar-refractivity contribution in [2.75, 3.05) is 5.73 Å². The van der Waals surface area contributed by atoms with Crippen molar-refractivity contribution in [3.63, 3.8) is 0 Å². The van der Waals surface area contributed by atoms with Crippen LogP contribution in [0.25, 0.3) is 12.2 Å². The number of hydrogen-bond acceptors (Lipinski definition) is 5. The zero-order valence-electron chi connectivity index (χ0n) is 7.60. The van der Waals surface area contributed by atoms with Crippen molar-refractivity contribution in [3.05, 3.63) is 28.9 Å². The Kier molecular flexibility index (Phi) is 2.32. The molecule has 0 aromatic carbocycles. The van der Waals surface area contributed by atoms with Crippen LogP contribution in [0, 0.1) is 6.92 Å². The van der Waals surface area contributed by atoms with Crippen LogP contribution in [0.2, 0.25) is 0 Å². The van der Waals surface area contributed by atoms with Gasteiger partial charge in [0, 0.05) is 11.5 Å². The summed E-state index contributed by atoms with van der Waals surface area (Å²) in [6.07, 6.45) is 5.19. The highest BCUT2D eigenvalue weighted by atomic mass is 32.1. The maximum Gasteiger partial charge on any atom is 0.218 e. The van der Waals surface area contributed by atoms with Gasteiger partial charge in [0.2, 0.25) is 5.89 Å². The third-order valence-corrected chi connectivity index (χ3v) is 2.27. The van der Waals surface area contributed by atoms with Crippen LogP contribution in [0.1, 0.15) is 17.3 Å². The third kappa shape index (κ3) is 2.00. The number of nitrogen functional groups attached to an aromatic ring is 1. The molecule has 0 saturated carbocycles. The van der Waals surface area contributed by atoms with Crippen LogP contribution in [0.15, 0.2) is 16.1 Å². The number of rotatable bonds is 2. The lowest BCUT2D eigenvalue weighted by Gasteiger charge is -1.81. The summed E-state index contributed by atoms with van der Waals surface area (Å²) in [7, 11) is 0. The minimum atomic E-state index is 0.563. The molecule has 0 aliphatic carbocycles. The van der Waals surface area contributed by atoms with Gasteiger partial charge in [0.05, 0.1) is 11.4 Å². The quantitative estimate of drug-likeness (QED) is 0.819. The molecule has 0 fully saturated rings. The molecule has 0 aliphatic heterocycles. The largest absolute Gasteiger partial charge is 0.445 e. The van der Waals surface area contributed by atoms with E-state index in [2.05, 4.69) is 9.97 Å². The fraction of sp³-hybridized carbons (Fsp3) is 0.111. The average Bonchev–Trinajstić information content (AvgIpc) is 2.72. The Morgan fingerprint density at radius 3 is 2.86 bits per heavy atom. The Bertz CT molecular complexity index is 416. The number of hydrogen-bond donors (Lipinski definition) is 1. The molecule has 0 saturated heterocycles. The van der Waals surface area contributed by atoms with E-state index < -0.39 is 0 Å². The van der Waals surface area contributed by atoms with Gasteiger partial charge in [-0.05, 0) is 13.0 Å². The normalized spacial score (nSPS) is 11.2. The van der Waals surface area contributed by atoms with Gasteiger partial charge in [-0.25, -0.2) is 9.97 Å². The molecule has 0 aliphatic rings. The maximum absolute atomic E-state index is 5.49. The van der Waals surface area contributed by atoms with Gasteiger partial charge in [0.15, 0.2) is 5.13 Å². The molecule has 2 N–H and O–H groups in total. The van der Waals surface area contributed by atoms with Gasteiger partial charge in [-0.3, -0.25) is 0 Å². The second kappa shape index (κ2) is 3.63. The summed E-state index contributed by atoms with van der Waals surface area (Å²) in [4.78, 5) is 8.20. The number of nitrogens with two attached hydrogens (primary N) is 1. The minimum absolute atomic E-state index is 0.563. The van der Waals surface area contributed by atoms with E-state index in [9.17, 15) is 0 Å². The second-order valence-electron chi connectivity index (χ2n) is 2.77. The van der Waals surface area contributed by atoms with Crippen LogP contribution in [0.3, 0.4) is 0 Å². The fourth-order valence-corrected chi connectivity index (χ4v) is 1.51. The highest BCUT2D eigenvalue weighted by Crippen LogP contribution is 2.13. The van der Waals surface area contributed by atoms with E-state index in [0.29, 0.717) is 11.0 Å². The predicted molar refractivity (Wildman–Crippen MR) is 56.7 cm³/mol. The molecule has 4 nitrogen and oxygen atoms in total. The zero-order chi connectivity index (χ0) is 9.97. The van der Waals surface area contributed by atoms with Gasteiger partial charge < -0.3 is 10.2 Å². The van der Waals surface area contributed by atoms with Crippen LogP contribution in [-0.4, -0.2) is 9.97 Å². The van der Waals surface area contributed by atoms with Gasteiger partial charge in [-0.1, -0.05) is 0 Å². The van der Waals surface area contributed by atoms with Crippen molar-refractivity contribution >= 4 is 28.6 Å². The Hall–Kier alpha value is -1.62. The fourth-order valence-electron chi connectivity index (χ4n) is 0.983. The first-order valence-electron chi connectivity index (χ1n) is 4.05. The third-order valence-electron chi connectivity index (χ3n) is 1.57. The monoisotopic (exact) mass is 207 g/mol. The summed E-state index contributed by atoms with van der Waals surface area (Å²) in [5, 5.41) is 2.44. The molecule has 0 unspecified atom stereocenters. The smallest absolute Gasteiger partial charge is 0.218 e.